The van der Waals surface area contributed by atoms with E-state index in [-0.39, 0.29) is 0 Å². The van der Waals surface area contributed by atoms with E-state index in [1.807, 2.05) is 0 Å². The van der Waals surface area contributed by atoms with Gasteiger partial charge in [-0.3, -0.25) is 0 Å². The molecular weight excluding hydrogens is 1030 g/mol. The first kappa shape index (κ1) is 46.3. The van der Waals surface area contributed by atoms with Crippen LogP contribution in [0.1, 0.15) is 11.1 Å². The van der Waals surface area contributed by atoms with Crippen LogP contribution in [0.3, 0.4) is 0 Å². The lowest BCUT2D eigenvalue weighted by Gasteiger charge is -2.26. The summed E-state index contributed by atoms with van der Waals surface area (Å²) in [6.07, 6.45) is 0. The molecule has 0 radical (unpaired) electrons. The van der Waals surface area contributed by atoms with Crippen molar-refractivity contribution in [3.8, 4) is 68.0 Å². The molecule has 6 heteroatoms. The fraction of sp³-hybridized carbons (Fsp3) is 0. The second-order valence-corrected chi connectivity index (χ2v) is 23.3. The van der Waals surface area contributed by atoms with Crippen molar-refractivity contribution in [3.05, 3.63) is 266 Å². The number of nitriles is 2. The molecule has 4 heterocycles. The van der Waals surface area contributed by atoms with Gasteiger partial charge in [0.25, 0.3) is 0 Å². The zero-order valence-electron chi connectivity index (χ0n) is 43.9. The van der Waals surface area contributed by atoms with Gasteiger partial charge >= 0.3 is 0 Å². The molecule has 0 fully saturated rings. The lowest BCUT2D eigenvalue weighted by molar-refractivity contribution is 1.13. The van der Waals surface area contributed by atoms with Crippen LogP contribution in [-0.2, 0) is 0 Å². The molecule has 13 aromatic carbocycles. The van der Waals surface area contributed by atoms with Gasteiger partial charge in [0.1, 0.15) is 12.1 Å². The maximum absolute atomic E-state index is 12.7. The SMILES string of the molecule is N#Cc1c(-c2cccc3ccccc23)c(C#N)c(-n2c3cccc(-c4ccccc4)c3c3ccc4c5ccccc5sc4c32)c(-c2cccc3ccccc23)c1-n1c2cccc(-c3ccccc3)c2c2ccc3c4ccccc4sc3c21. The molecule has 0 spiro atoms. The van der Waals surface area contributed by atoms with Crippen molar-refractivity contribution in [2.24, 2.45) is 0 Å². The summed E-state index contributed by atoms with van der Waals surface area (Å²) in [5.41, 5.74) is 13.7. The van der Waals surface area contributed by atoms with Gasteiger partial charge in [-0.1, -0.05) is 231 Å². The molecule has 0 saturated carbocycles. The number of hydrogen-bond donors (Lipinski definition) is 0. The number of hydrogen-bond acceptors (Lipinski definition) is 4. The second kappa shape index (κ2) is 18.0. The van der Waals surface area contributed by atoms with Crippen LogP contribution in [0.25, 0.3) is 161 Å². The molecule has 0 N–H and O–H groups in total. The van der Waals surface area contributed by atoms with E-state index in [2.05, 4.69) is 276 Å². The third kappa shape index (κ3) is 6.51. The maximum Gasteiger partial charge on any atom is 0.102 e. The van der Waals surface area contributed by atoms with Crippen molar-refractivity contribution >= 4 is 128 Å². The Hall–Kier alpha value is -10.6. The predicted octanol–water partition coefficient (Wildman–Crippen LogP) is 21.3. The third-order valence-electron chi connectivity index (χ3n) is 17.0. The predicted molar refractivity (Wildman–Crippen MR) is 347 cm³/mol. The summed E-state index contributed by atoms with van der Waals surface area (Å²) < 4.78 is 9.48. The van der Waals surface area contributed by atoms with Gasteiger partial charge in [0.05, 0.1) is 54.0 Å². The topological polar surface area (TPSA) is 57.4 Å². The molecule has 378 valence electrons. The average Bonchev–Trinajstić information content (AvgIpc) is 3.00. The largest absolute Gasteiger partial charge is 0.306 e. The first-order valence-electron chi connectivity index (χ1n) is 27.5. The van der Waals surface area contributed by atoms with Crippen molar-refractivity contribution in [1.82, 2.24) is 9.13 Å². The first-order chi connectivity index (χ1) is 40.7. The monoisotopic (exact) mass is 1070 g/mol. The highest BCUT2D eigenvalue weighted by atomic mass is 32.1. The highest BCUT2D eigenvalue weighted by molar-refractivity contribution is 7.27. The zero-order valence-corrected chi connectivity index (χ0v) is 45.5. The summed E-state index contributed by atoms with van der Waals surface area (Å²) in [6, 6.07) is 96.8. The van der Waals surface area contributed by atoms with E-state index in [1.165, 1.54) is 20.2 Å². The van der Waals surface area contributed by atoms with E-state index in [9.17, 15) is 10.5 Å². The lowest BCUT2D eigenvalue weighted by atomic mass is 9.84. The van der Waals surface area contributed by atoms with Gasteiger partial charge in [0.15, 0.2) is 0 Å². The number of aromatic nitrogens is 2. The van der Waals surface area contributed by atoms with Crippen LogP contribution in [0.15, 0.2) is 255 Å². The van der Waals surface area contributed by atoms with E-state index >= 15 is 0 Å². The molecule has 17 rings (SSSR count). The van der Waals surface area contributed by atoms with Crippen LogP contribution in [0.2, 0.25) is 0 Å². The molecule has 17 aromatic rings. The van der Waals surface area contributed by atoms with E-state index in [1.54, 1.807) is 22.7 Å². The van der Waals surface area contributed by atoms with Gasteiger partial charge in [-0.2, -0.15) is 10.5 Å². The molecule has 0 amide bonds. The minimum Gasteiger partial charge on any atom is -0.306 e. The van der Waals surface area contributed by atoms with Gasteiger partial charge < -0.3 is 9.13 Å². The number of nitrogens with zero attached hydrogens (tertiary/aromatic N) is 4. The Bertz CT molecular complexity index is 5380. The number of rotatable bonds is 6. The van der Waals surface area contributed by atoms with Crippen LogP contribution in [-0.4, -0.2) is 9.13 Å². The maximum atomic E-state index is 12.7. The molecule has 4 nitrogen and oxygen atoms in total. The second-order valence-electron chi connectivity index (χ2n) is 21.1. The highest BCUT2D eigenvalue weighted by Crippen LogP contribution is 2.55. The first-order valence-corrected chi connectivity index (χ1v) is 29.2. The van der Waals surface area contributed by atoms with Crippen molar-refractivity contribution in [2.45, 2.75) is 0 Å². The molecule has 0 atom stereocenters. The Morgan fingerprint density at radius 2 is 0.659 bits per heavy atom. The lowest BCUT2D eigenvalue weighted by Crippen LogP contribution is -2.11. The summed E-state index contributed by atoms with van der Waals surface area (Å²) in [6.45, 7) is 0. The van der Waals surface area contributed by atoms with Gasteiger partial charge in [0.2, 0.25) is 0 Å². The van der Waals surface area contributed by atoms with Crippen LogP contribution in [0.4, 0.5) is 0 Å². The summed E-state index contributed by atoms with van der Waals surface area (Å²) >= 11 is 3.59. The highest BCUT2D eigenvalue weighted by Gasteiger charge is 2.34. The van der Waals surface area contributed by atoms with Crippen LogP contribution < -0.4 is 0 Å². The fourth-order valence-electron chi connectivity index (χ4n) is 13.6. The number of thiophene rings is 2. The quantitative estimate of drug-likeness (QED) is 0.167. The average molecular weight is 1080 g/mol. The normalized spacial score (nSPS) is 11.9. The molecule has 0 unspecified atom stereocenters. The van der Waals surface area contributed by atoms with Crippen LogP contribution in [0.5, 0.6) is 0 Å². The zero-order chi connectivity index (χ0) is 54.2. The van der Waals surface area contributed by atoms with Crippen LogP contribution in [0, 0.1) is 22.7 Å². The van der Waals surface area contributed by atoms with Gasteiger partial charge in [-0.15, -0.1) is 22.7 Å². The Balaban J connectivity index is 1.20. The third-order valence-corrected chi connectivity index (χ3v) is 19.4. The molecule has 0 aliphatic carbocycles. The minimum absolute atomic E-state index is 0.416. The Morgan fingerprint density at radius 3 is 1.12 bits per heavy atom. The van der Waals surface area contributed by atoms with Gasteiger partial charge in [-0.05, 0) is 79.2 Å². The van der Waals surface area contributed by atoms with Crippen molar-refractivity contribution < 1.29 is 0 Å². The summed E-state index contributed by atoms with van der Waals surface area (Å²) in [5.74, 6) is 0. The Morgan fingerprint density at radius 1 is 0.293 bits per heavy atom. The minimum atomic E-state index is 0.416. The van der Waals surface area contributed by atoms with E-state index < -0.39 is 0 Å². The molecule has 0 bridgehead atoms. The van der Waals surface area contributed by atoms with E-state index in [0.29, 0.717) is 28.1 Å². The number of fused-ring (bicyclic) bond motifs is 16. The van der Waals surface area contributed by atoms with E-state index in [0.717, 1.165) is 124 Å². The summed E-state index contributed by atoms with van der Waals surface area (Å²) in [5, 5.41) is 38.5. The standard InChI is InChI=1S/C76H42N4S2/c77-43-61-67(55-33-15-25-45-23-7-9-27-49(45)55)62(44-78)72(80-64-36-18-32-52(48-21-5-2-6-22-48)69(64)60-42-40-58-54-30-12-14-38-66(54)82-76(58)74(60)80)70(56-34-16-26-46-24-8-10-28-50(46)56)71(61)79-63-35-17-31-51(47-19-3-1-4-20-47)68(63)59-41-39-57-53-29-11-13-37-65(53)81-75(57)73(59)79/h1-42H. The summed E-state index contributed by atoms with van der Waals surface area (Å²) in [4.78, 5) is 0. The smallest absolute Gasteiger partial charge is 0.102 e. The summed E-state index contributed by atoms with van der Waals surface area (Å²) in [7, 11) is 0. The molecule has 82 heavy (non-hydrogen) atoms. The molecule has 0 aliphatic heterocycles. The molecule has 0 aliphatic rings. The van der Waals surface area contributed by atoms with Crippen molar-refractivity contribution in [1.29, 1.82) is 10.5 Å². The number of benzene rings is 13. The van der Waals surface area contributed by atoms with Gasteiger partial charge in [0, 0.05) is 63.6 Å². The van der Waals surface area contributed by atoms with Crippen LogP contribution >= 0.6 is 22.7 Å². The molecule has 0 saturated heterocycles. The Labute approximate surface area is 478 Å². The molecular formula is C76H42N4S2. The fourth-order valence-corrected chi connectivity index (χ4v) is 16.1. The molecule has 4 aromatic heterocycles. The Kier molecular flexibility index (Phi) is 10.1. The van der Waals surface area contributed by atoms with Crippen molar-refractivity contribution in [3.63, 3.8) is 0 Å². The van der Waals surface area contributed by atoms with Gasteiger partial charge in [-0.25, -0.2) is 0 Å². The van der Waals surface area contributed by atoms with Crippen molar-refractivity contribution in [2.75, 3.05) is 0 Å². The van der Waals surface area contributed by atoms with E-state index in [4.69, 9.17) is 0 Å².